The Labute approximate surface area is 109 Å². The van der Waals surface area contributed by atoms with Gasteiger partial charge < -0.3 is 5.32 Å². The van der Waals surface area contributed by atoms with Gasteiger partial charge in [-0.15, -0.1) is 0 Å². The normalized spacial score (nSPS) is 12.1. The SMILES string of the molecule is CC(Nc1cccc(I)c1)c1cccnc1. The van der Waals surface area contributed by atoms with Gasteiger partial charge in [0, 0.05) is 21.7 Å². The molecule has 1 aromatic carbocycles. The van der Waals surface area contributed by atoms with E-state index in [9.17, 15) is 0 Å². The molecular weight excluding hydrogens is 311 g/mol. The number of nitrogens with zero attached hydrogens (tertiary/aromatic N) is 1. The molecule has 0 bridgehead atoms. The van der Waals surface area contributed by atoms with Gasteiger partial charge in [-0.25, -0.2) is 0 Å². The second-order valence-corrected chi connectivity index (χ2v) is 4.91. The summed E-state index contributed by atoms with van der Waals surface area (Å²) in [4.78, 5) is 4.12. The molecule has 0 radical (unpaired) electrons. The average molecular weight is 324 g/mol. The fourth-order valence-corrected chi connectivity index (χ4v) is 2.09. The van der Waals surface area contributed by atoms with Crippen LogP contribution >= 0.6 is 22.6 Å². The minimum Gasteiger partial charge on any atom is -0.378 e. The molecule has 2 nitrogen and oxygen atoms in total. The number of hydrogen-bond acceptors (Lipinski definition) is 2. The second-order valence-electron chi connectivity index (χ2n) is 3.66. The number of hydrogen-bond donors (Lipinski definition) is 1. The number of rotatable bonds is 3. The van der Waals surface area contributed by atoms with Gasteiger partial charge in [-0.05, 0) is 59.3 Å². The smallest absolute Gasteiger partial charge is 0.0500 e. The minimum absolute atomic E-state index is 0.270. The Morgan fingerprint density at radius 2 is 2.12 bits per heavy atom. The van der Waals surface area contributed by atoms with E-state index in [1.807, 2.05) is 12.3 Å². The summed E-state index contributed by atoms with van der Waals surface area (Å²) in [5, 5.41) is 3.45. The summed E-state index contributed by atoms with van der Waals surface area (Å²) in [5.74, 6) is 0. The van der Waals surface area contributed by atoms with Crippen LogP contribution in [0.25, 0.3) is 0 Å². The van der Waals surface area contributed by atoms with Crippen LogP contribution < -0.4 is 5.32 Å². The Hall–Kier alpha value is -1.10. The maximum Gasteiger partial charge on any atom is 0.0500 e. The van der Waals surface area contributed by atoms with Crippen molar-refractivity contribution in [3.63, 3.8) is 0 Å². The summed E-state index contributed by atoms with van der Waals surface area (Å²) in [6, 6.07) is 12.7. The first-order valence-electron chi connectivity index (χ1n) is 5.18. The first kappa shape index (κ1) is 11.4. The molecule has 0 saturated heterocycles. The van der Waals surface area contributed by atoms with E-state index in [1.165, 1.54) is 9.13 Å². The quantitative estimate of drug-likeness (QED) is 0.867. The molecule has 1 unspecified atom stereocenters. The lowest BCUT2D eigenvalue weighted by Gasteiger charge is -2.15. The van der Waals surface area contributed by atoms with Gasteiger partial charge in [-0.1, -0.05) is 12.1 Å². The molecule has 2 aromatic rings. The van der Waals surface area contributed by atoms with Gasteiger partial charge >= 0.3 is 0 Å². The standard InChI is InChI=1S/C13H13IN2/c1-10(11-4-3-7-15-9-11)16-13-6-2-5-12(14)8-13/h2-10,16H,1H3. The van der Waals surface area contributed by atoms with Gasteiger partial charge in [0.15, 0.2) is 0 Å². The molecule has 1 atom stereocenters. The molecular formula is C13H13IN2. The van der Waals surface area contributed by atoms with Crippen LogP contribution in [0.2, 0.25) is 0 Å². The number of benzene rings is 1. The van der Waals surface area contributed by atoms with Crippen LogP contribution in [-0.4, -0.2) is 4.98 Å². The number of nitrogens with one attached hydrogen (secondary N) is 1. The Morgan fingerprint density at radius 1 is 1.25 bits per heavy atom. The lowest BCUT2D eigenvalue weighted by atomic mass is 10.1. The molecule has 16 heavy (non-hydrogen) atoms. The zero-order valence-electron chi connectivity index (χ0n) is 9.02. The molecule has 82 valence electrons. The van der Waals surface area contributed by atoms with E-state index in [4.69, 9.17) is 0 Å². The molecule has 2 rings (SSSR count). The van der Waals surface area contributed by atoms with E-state index in [0.717, 1.165) is 5.69 Å². The lowest BCUT2D eigenvalue weighted by molar-refractivity contribution is 0.875. The largest absolute Gasteiger partial charge is 0.378 e. The first-order chi connectivity index (χ1) is 7.75. The summed E-state index contributed by atoms with van der Waals surface area (Å²) in [5.41, 5.74) is 2.34. The number of halogens is 1. The van der Waals surface area contributed by atoms with E-state index < -0.39 is 0 Å². The van der Waals surface area contributed by atoms with Crippen molar-refractivity contribution in [2.24, 2.45) is 0 Å². The Balaban J connectivity index is 2.11. The zero-order valence-corrected chi connectivity index (χ0v) is 11.2. The first-order valence-corrected chi connectivity index (χ1v) is 6.25. The van der Waals surface area contributed by atoms with Crippen molar-refractivity contribution in [3.8, 4) is 0 Å². The third-order valence-electron chi connectivity index (χ3n) is 2.39. The fraction of sp³-hybridized carbons (Fsp3) is 0.154. The van der Waals surface area contributed by atoms with Gasteiger partial charge in [-0.2, -0.15) is 0 Å². The summed E-state index contributed by atoms with van der Waals surface area (Å²) in [6.07, 6.45) is 3.69. The zero-order chi connectivity index (χ0) is 11.4. The highest BCUT2D eigenvalue weighted by Crippen LogP contribution is 2.19. The molecule has 3 heteroatoms. The monoisotopic (exact) mass is 324 g/mol. The van der Waals surface area contributed by atoms with Crippen molar-refractivity contribution in [3.05, 3.63) is 57.9 Å². The predicted molar refractivity (Wildman–Crippen MR) is 75.4 cm³/mol. The van der Waals surface area contributed by atoms with Gasteiger partial charge in [0.1, 0.15) is 0 Å². The summed E-state index contributed by atoms with van der Waals surface area (Å²) >= 11 is 2.31. The Bertz CT molecular complexity index is 456. The molecule has 0 amide bonds. The lowest BCUT2D eigenvalue weighted by Crippen LogP contribution is -2.06. The number of pyridine rings is 1. The third-order valence-corrected chi connectivity index (χ3v) is 3.06. The van der Waals surface area contributed by atoms with Crippen LogP contribution in [0.4, 0.5) is 5.69 Å². The molecule has 0 fully saturated rings. The Morgan fingerprint density at radius 3 is 2.81 bits per heavy atom. The highest BCUT2D eigenvalue weighted by molar-refractivity contribution is 14.1. The fourth-order valence-electron chi connectivity index (χ4n) is 1.54. The minimum atomic E-state index is 0.270. The maximum atomic E-state index is 4.12. The van der Waals surface area contributed by atoms with Crippen molar-refractivity contribution < 1.29 is 0 Å². The molecule has 0 aliphatic heterocycles. The van der Waals surface area contributed by atoms with Gasteiger partial charge in [0.2, 0.25) is 0 Å². The molecule has 1 heterocycles. The predicted octanol–water partition coefficient (Wildman–Crippen LogP) is 3.86. The number of anilines is 1. The molecule has 1 aromatic heterocycles. The Kier molecular flexibility index (Phi) is 3.77. The van der Waals surface area contributed by atoms with Gasteiger partial charge in [0.25, 0.3) is 0 Å². The molecule has 0 saturated carbocycles. The maximum absolute atomic E-state index is 4.12. The van der Waals surface area contributed by atoms with Crippen molar-refractivity contribution in [2.45, 2.75) is 13.0 Å². The highest BCUT2D eigenvalue weighted by Gasteiger charge is 2.04. The summed E-state index contributed by atoms with van der Waals surface area (Å²) in [6.45, 7) is 2.14. The molecule has 0 aliphatic carbocycles. The van der Waals surface area contributed by atoms with Crippen LogP contribution in [0.3, 0.4) is 0 Å². The number of aromatic nitrogens is 1. The van der Waals surface area contributed by atoms with Crippen LogP contribution in [0.5, 0.6) is 0 Å². The van der Waals surface area contributed by atoms with E-state index >= 15 is 0 Å². The summed E-state index contributed by atoms with van der Waals surface area (Å²) < 4.78 is 1.24. The topological polar surface area (TPSA) is 24.9 Å². The van der Waals surface area contributed by atoms with Crippen LogP contribution in [0.1, 0.15) is 18.5 Å². The average Bonchev–Trinajstić information content (AvgIpc) is 2.30. The molecule has 1 N–H and O–H groups in total. The van der Waals surface area contributed by atoms with Crippen LogP contribution in [-0.2, 0) is 0 Å². The van der Waals surface area contributed by atoms with Crippen molar-refractivity contribution >= 4 is 28.3 Å². The van der Waals surface area contributed by atoms with E-state index in [-0.39, 0.29) is 6.04 Å². The van der Waals surface area contributed by atoms with E-state index in [2.05, 4.69) is 70.1 Å². The molecule has 0 spiro atoms. The van der Waals surface area contributed by atoms with Gasteiger partial charge in [-0.3, -0.25) is 4.98 Å². The summed E-state index contributed by atoms with van der Waals surface area (Å²) in [7, 11) is 0. The van der Waals surface area contributed by atoms with Crippen molar-refractivity contribution in [1.82, 2.24) is 4.98 Å². The van der Waals surface area contributed by atoms with Crippen LogP contribution in [0.15, 0.2) is 48.8 Å². The van der Waals surface area contributed by atoms with E-state index in [0.29, 0.717) is 0 Å². The highest BCUT2D eigenvalue weighted by atomic mass is 127. The second kappa shape index (κ2) is 5.30. The van der Waals surface area contributed by atoms with E-state index in [1.54, 1.807) is 6.20 Å². The van der Waals surface area contributed by atoms with Crippen molar-refractivity contribution in [1.29, 1.82) is 0 Å². The van der Waals surface area contributed by atoms with Gasteiger partial charge in [0.05, 0.1) is 6.04 Å². The molecule has 0 aliphatic rings. The van der Waals surface area contributed by atoms with Crippen molar-refractivity contribution in [2.75, 3.05) is 5.32 Å². The van der Waals surface area contributed by atoms with Crippen LogP contribution in [0, 0.1) is 3.57 Å². The third kappa shape index (κ3) is 2.95.